The highest BCUT2D eigenvalue weighted by molar-refractivity contribution is 6.31. The second kappa shape index (κ2) is 9.12. The molecule has 5 rings (SSSR count). The Morgan fingerprint density at radius 1 is 1.16 bits per heavy atom. The molecule has 1 aliphatic heterocycles. The quantitative estimate of drug-likeness (QED) is 0.451. The first-order valence-electron chi connectivity index (χ1n) is 11.7. The Labute approximate surface area is 194 Å². The highest BCUT2D eigenvalue weighted by Crippen LogP contribution is 2.38. The highest BCUT2D eigenvalue weighted by Gasteiger charge is 2.30. The molecule has 168 valence electrons. The van der Waals surface area contributed by atoms with Gasteiger partial charge in [0.2, 0.25) is 5.95 Å². The Morgan fingerprint density at radius 3 is 2.69 bits per heavy atom. The van der Waals surface area contributed by atoms with Crippen molar-refractivity contribution in [1.29, 1.82) is 0 Å². The smallest absolute Gasteiger partial charge is 0.229 e. The van der Waals surface area contributed by atoms with Crippen LogP contribution in [0.3, 0.4) is 0 Å². The summed E-state index contributed by atoms with van der Waals surface area (Å²) in [5.41, 5.74) is 4.09. The number of rotatable bonds is 7. The molecule has 3 aromatic rings. The number of piperazine rings is 1. The van der Waals surface area contributed by atoms with Crippen molar-refractivity contribution in [3.8, 4) is 0 Å². The molecule has 2 fully saturated rings. The van der Waals surface area contributed by atoms with Crippen molar-refractivity contribution in [2.75, 3.05) is 41.7 Å². The maximum Gasteiger partial charge on any atom is 0.229 e. The third kappa shape index (κ3) is 4.48. The zero-order valence-electron chi connectivity index (χ0n) is 18.8. The summed E-state index contributed by atoms with van der Waals surface area (Å²) in [4.78, 5) is 12.3. The number of nitrogens with one attached hydrogen (secondary N) is 3. The molecule has 1 aliphatic carbocycles. The second-order valence-electron chi connectivity index (χ2n) is 8.89. The van der Waals surface area contributed by atoms with Gasteiger partial charge in [0.05, 0.1) is 5.69 Å². The van der Waals surface area contributed by atoms with Crippen LogP contribution in [0.1, 0.15) is 31.7 Å². The first-order chi connectivity index (χ1) is 15.6. The average Bonchev–Trinajstić information content (AvgIpc) is 3.65. The van der Waals surface area contributed by atoms with Gasteiger partial charge in [0, 0.05) is 48.3 Å². The van der Waals surface area contributed by atoms with Crippen molar-refractivity contribution in [3.05, 3.63) is 47.0 Å². The summed E-state index contributed by atoms with van der Waals surface area (Å²) in [7, 11) is 0. The SMILES string of the molecule is CC[C@@H](Nc1nc(Nc2ccc(C)c(Cl)c2)nc2c(N3CCNCC3)cccc12)C1CC1. The number of nitrogens with zero attached hydrogens (tertiary/aromatic N) is 3. The normalized spacial score (nSPS) is 17.4. The van der Waals surface area contributed by atoms with Crippen molar-refractivity contribution in [2.45, 2.75) is 39.2 Å². The van der Waals surface area contributed by atoms with Gasteiger partial charge >= 0.3 is 0 Å². The summed E-state index contributed by atoms with van der Waals surface area (Å²) in [5.74, 6) is 2.24. The van der Waals surface area contributed by atoms with Gasteiger partial charge in [-0.1, -0.05) is 30.7 Å². The zero-order chi connectivity index (χ0) is 22.1. The van der Waals surface area contributed by atoms with Gasteiger partial charge in [0.1, 0.15) is 11.3 Å². The van der Waals surface area contributed by atoms with Gasteiger partial charge < -0.3 is 20.9 Å². The molecule has 0 radical (unpaired) electrons. The van der Waals surface area contributed by atoms with E-state index in [-0.39, 0.29) is 0 Å². The maximum absolute atomic E-state index is 6.36. The van der Waals surface area contributed by atoms with Gasteiger partial charge in [-0.3, -0.25) is 0 Å². The van der Waals surface area contributed by atoms with Gasteiger partial charge in [0.15, 0.2) is 0 Å². The molecule has 32 heavy (non-hydrogen) atoms. The molecular formula is C25H31ClN6. The van der Waals surface area contributed by atoms with E-state index in [1.54, 1.807) is 0 Å². The van der Waals surface area contributed by atoms with Gasteiger partial charge in [-0.15, -0.1) is 0 Å². The topological polar surface area (TPSA) is 65.1 Å². The summed E-state index contributed by atoms with van der Waals surface area (Å²) in [6.45, 7) is 8.17. The van der Waals surface area contributed by atoms with Crippen LogP contribution >= 0.6 is 11.6 Å². The summed E-state index contributed by atoms with van der Waals surface area (Å²) in [5, 5.41) is 12.4. The van der Waals surface area contributed by atoms with E-state index < -0.39 is 0 Å². The summed E-state index contributed by atoms with van der Waals surface area (Å²) < 4.78 is 0. The number of aromatic nitrogens is 2. The van der Waals surface area contributed by atoms with E-state index >= 15 is 0 Å². The number of hydrogen-bond donors (Lipinski definition) is 3. The zero-order valence-corrected chi connectivity index (χ0v) is 19.5. The Bertz CT molecular complexity index is 1110. The van der Waals surface area contributed by atoms with Gasteiger partial charge in [-0.05, 0) is 61.9 Å². The van der Waals surface area contributed by atoms with Crippen molar-refractivity contribution in [1.82, 2.24) is 15.3 Å². The lowest BCUT2D eigenvalue weighted by molar-refractivity contribution is 0.590. The average molecular weight is 451 g/mol. The summed E-state index contributed by atoms with van der Waals surface area (Å²) >= 11 is 6.36. The number of anilines is 4. The molecule has 3 N–H and O–H groups in total. The third-order valence-corrected chi connectivity index (χ3v) is 6.95. The molecule has 2 heterocycles. The molecule has 6 nitrogen and oxygen atoms in total. The molecule has 1 aromatic heterocycles. The Morgan fingerprint density at radius 2 is 1.97 bits per heavy atom. The number of halogens is 1. The van der Waals surface area contributed by atoms with Crippen LogP contribution in [0.4, 0.5) is 23.1 Å². The molecule has 1 atom stereocenters. The number of para-hydroxylation sites is 1. The molecule has 2 aliphatic rings. The lowest BCUT2D eigenvalue weighted by Crippen LogP contribution is -2.43. The van der Waals surface area contributed by atoms with Crippen LogP contribution < -0.4 is 20.9 Å². The monoisotopic (exact) mass is 450 g/mol. The second-order valence-corrected chi connectivity index (χ2v) is 9.30. The number of benzene rings is 2. The molecular weight excluding hydrogens is 420 g/mol. The van der Waals surface area contributed by atoms with Crippen LogP contribution in [0.25, 0.3) is 10.9 Å². The van der Waals surface area contributed by atoms with Gasteiger partial charge in [-0.25, -0.2) is 4.98 Å². The molecule has 0 bridgehead atoms. The molecule has 2 aromatic carbocycles. The molecule has 7 heteroatoms. The highest BCUT2D eigenvalue weighted by atomic mass is 35.5. The number of aryl methyl sites for hydroxylation is 1. The molecule has 1 saturated carbocycles. The Balaban J connectivity index is 1.58. The van der Waals surface area contributed by atoms with Crippen molar-refractivity contribution >= 4 is 45.6 Å². The van der Waals surface area contributed by atoms with E-state index in [0.717, 1.165) is 71.5 Å². The fourth-order valence-corrected chi connectivity index (χ4v) is 4.67. The van der Waals surface area contributed by atoms with Crippen LogP contribution in [0.15, 0.2) is 36.4 Å². The van der Waals surface area contributed by atoms with E-state index in [2.05, 4.69) is 46.0 Å². The van der Waals surface area contributed by atoms with Crippen molar-refractivity contribution < 1.29 is 0 Å². The minimum Gasteiger partial charge on any atom is -0.367 e. The van der Waals surface area contributed by atoms with Gasteiger partial charge in [0.25, 0.3) is 0 Å². The first-order valence-corrected chi connectivity index (χ1v) is 12.1. The minimum absolute atomic E-state index is 0.442. The number of hydrogen-bond acceptors (Lipinski definition) is 6. The minimum atomic E-state index is 0.442. The Hall–Kier alpha value is -2.57. The van der Waals surface area contributed by atoms with E-state index in [0.29, 0.717) is 12.0 Å². The molecule has 0 amide bonds. The van der Waals surface area contributed by atoms with E-state index in [9.17, 15) is 0 Å². The predicted octanol–water partition coefficient (Wildman–Crippen LogP) is 5.35. The van der Waals surface area contributed by atoms with E-state index in [1.165, 1.54) is 18.5 Å². The molecule has 0 unspecified atom stereocenters. The van der Waals surface area contributed by atoms with Crippen molar-refractivity contribution in [3.63, 3.8) is 0 Å². The number of fused-ring (bicyclic) bond motifs is 1. The lowest BCUT2D eigenvalue weighted by Gasteiger charge is -2.30. The van der Waals surface area contributed by atoms with Crippen LogP contribution in [0.2, 0.25) is 5.02 Å². The molecule has 0 spiro atoms. The van der Waals surface area contributed by atoms with Crippen LogP contribution in [-0.4, -0.2) is 42.2 Å². The maximum atomic E-state index is 6.36. The fraction of sp³-hybridized carbons (Fsp3) is 0.440. The first kappa shape index (κ1) is 21.3. The summed E-state index contributed by atoms with van der Waals surface area (Å²) in [6.07, 6.45) is 3.69. The summed E-state index contributed by atoms with van der Waals surface area (Å²) in [6, 6.07) is 12.8. The fourth-order valence-electron chi connectivity index (χ4n) is 4.49. The van der Waals surface area contributed by atoms with E-state index in [4.69, 9.17) is 21.6 Å². The van der Waals surface area contributed by atoms with Crippen LogP contribution in [0.5, 0.6) is 0 Å². The molecule has 1 saturated heterocycles. The Kier molecular flexibility index (Phi) is 6.07. The van der Waals surface area contributed by atoms with Crippen molar-refractivity contribution in [2.24, 2.45) is 5.92 Å². The van der Waals surface area contributed by atoms with Crippen LogP contribution in [-0.2, 0) is 0 Å². The lowest BCUT2D eigenvalue weighted by atomic mass is 10.1. The predicted molar refractivity (Wildman–Crippen MR) is 135 cm³/mol. The van der Waals surface area contributed by atoms with Crippen LogP contribution in [0, 0.1) is 12.8 Å². The third-order valence-electron chi connectivity index (χ3n) is 6.54. The van der Waals surface area contributed by atoms with Gasteiger partial charge in [-0.2, -0.15) is 4.98 Å². The van der Waals surface area contributed by atoms with E-state index in [1.807, 2.05) is 25.1 Å². The standard InChI is InChI=1S/C25H31ClN6/c1-3-21(17-8-9-17)29-24-19-5-4-6-22(32-13-11-27-12-14-32)23(19)30-25(31-24)28-18-10-7-16(2)20(26)15-18/h4-7,10,15,17,21,27H,3,8-9,11-14H2,1-2H3,(H2,28,29,30,31)/t21-/m1/s1. The largest absolute Gasteiger partial charge is 0.367 e.